The molecule has 1 aliphatic carbocycles. The van der Waals surface area contributed by atoms with Crippen LogP contribution in [0.5, 0.6) is 23.0 Å². The van der Waals surface area contributed by atoms with Crippen LogP contribution >= 0.6 is 0 Å². The summed E-state index contributed by atoms with van der Waals surface area (Å²) in [6.07, 6.45) is 0.883. The van der Waals surface area contributed by atoms with Gasteiger partial charge in [-0.3, -0.25) is 4.48 Å². The van der Waals surface area contributed by atoms with Gasteiger partial charge in [0.25, 0.3) is 0 Å². The quantitative estimate of drug-likeness (QED) is 0.819. The van der Waals surface area contributed by atoms with Gasteiger partial charge in [0.05, 0.1) is 49.0 Å². The molecule has 0 saturated heterocycles. The fraction of sp³-hybridized carbons (Fsp3) is 0.455. The van der Waals surface area contributed by atoms with E-state index in [2.05, 4.69) is 20.2 Å². The van der Waals surface area contributed by atoms with E-state index in [1.807, 2.05) is 12.1 Å². The summed E-state index contributed by atoms with van der Waals surface area (Å²) in [5.74, 6) is 2.73. The summed E-state index contributed by atoms with van der Waals surface area (Å²) in [4.78, 5) is 0. The maximum Gasteiger partial charge on any atom is 0.194 e. The van der Waals surface area contributed by atoms with Gasteiger partial charge in [0.15, 0.2) is 29.2 Å². The van der Waals surface area contributed by atoms with Crippen molar-refractivity contribution in [2.75, 3.05) is 42.5 Å². The van der Waals surface area contributed by atoms with E-state index < -0.39 is 6.23 Å². The molecule has 0 unspecified atom stereocenters. The van der Waals surface area contributed by atoms with Crippen LogP contribution in [0.2, 0.25) is 0 Å². The van der Waals surface area contributed by atoms with Crippen LogP contribution in [0.1, 0.15) is 22.7 Å². The van der Waals surface area contributed by atoms with Crippen LogP contribution in [0, 0.1) is 0 Å². The molecule has 6 nitrogen and oxygen atoms in total. The van der Waals surface area contributed by atoms with Crippen molar-refractivity contribution in [3.63, 3.8) is 0 Å². The second kappa shape index (κ2) is 6.57. The van der Waals surface area contributed by atoms with Gasteiger partial charge in [0.1, 0.15) is 6.04 Å². The second-order valence-electron chi connectivity index (χ2n) is 7.93. The molecule has 28 heavy (non-hydrogen) atoms. The van der Waals surface area contributed by atoms with Gasteiger partial charge < -0.3 is 24.1 Å². The number of likely N-dealkylation sites (N-methyl/N-ethyl adjacent to an activating group) is 1. The van der Waals surface area contributed by atoms with E-state index >= 15 is 0 Å². The standard InChI is InChI=1S/C22H28NO5/c1-23(2)14-9-12-7-8-15(25-3)21(27-5)19(12)20-18(14)13(11-17(23)24)10-16(26-4)22(20)28-6/h7-8,10,14,17,24H,9,11H2,1-6H3/q+1/t14-,17+/m1/s1. The average Bonchev–Trinajstić information content (AvgIpc) is 2.70. The lowest BCUT2D eigenvalue weighted by Gasteiger charge is -2.48. The zero-order valence-corrected chi connectivity index (χ0v) is 17.3. The minimum atomic E-state index is -0.481. The van der Waals surface area contributed by atoms with Crippen molar-refractivity contribution in [1.29, 1.82) is 0 Å². The smallest absolute Gasteiger partial charge is 0.194 e. The fourth-order valence-corrected chi connectivity index (χ4v) is 4.79. The lowest BCUT2D eigenvalue weighted by molar-refractivity contribution is -0.967. The molecule has 2 aromatic rings. The molecule has 0 bridgehead atoms. The molecule has 0 aromatic heterocycles. The number of hydrogen-bond donors (Lipinski definition) is 1. The largest absolute Gasteiger partial charge is 0.493 e. The molecular weight excluding hydrogens is 358 g/mol. The van der Waals surface area contributed by atoms with E-state index in [0.29, 0.717) is 33.9 Å². The number of aliphatic hydroxyl groups is 1. The first kappa shape index (κ1) is 18.9. The third-order valence-corrected chi connectivity index (χ3v) is 6.40. The molecule has 0 radical (unpaired) electrons. The molecule has 4 rings (SSSR count). The Morgan fingerprint density at radius 2 is 1.46 bits per heavy atom. The molecule has 2 aliphatic rings. The summed E-state index contributed by atoms with van der Waals surface area (Å²) >= 11 is 0. The Labute approximate surface area is 165 Å². The number of ether oxygens (including phenoxy) is 4. The van der Waals surface area contributed by atoms with E-state index in [9.17, 15) is 5.11 Å². The molecule has 0 amide bonds. The molecule has 2 atom stereocenters. The molecule has 0 spiro atoms. The number of nitrogens with zero attached hydrogens (tertiary/aromatic N) is 1. The zero-order valence-electron chi connectivity index (χ0n) is 17.3. The summed E-state index contributed by atoms with van der Waals surface area (Å²) in [6.45, 7) is 0. The maximum absolute atomic E-state index is 10.9. The van der Waals surface area contributed by atoms with E-state index in [0.717, 1.165) is 28.7 Å². The molecule has 6 heteroatoms. The maximum atomic E-state index is 10.9. The lowest BCUT2D eigenvalue weighted by atomic mass is 9.75. The van der Waals surface area contributed by atoms with Crippen LogP contribution in [0.3, 0.4) is 0 Å². The summed E-state index contributed by atoms with van der Waals surface area (Å²) in [7, 11) is 10.8. The SMILES string of the molecule is COc1ccc2c(c1OC)-c1c(OC)c(OC)cc3c1[C@@H](C2)[N+](C)(C)[C@@H](O)C3. The summed E-state index contributed by atoms with van der Waals surface area (Å²) in [5, 5.41) is 10.9. The minimum absolute atomic E-state index is 0.110. The summed E-state index contributed by atoms with van der Waals surface area (Å²) in [5.41, 5.74) is 5.41. The van der Waals surface area contributed by atoms with Crippen molar-refractivity contribution < 1.29 is 28.5 Å². The highest BCUT2D eigenvalue weighted by Gasteiger charge is 2.48. The molecule has 1 N–H and O–H groups in total. The predicted molar refractivity (Wildman–Crippen MR) is 106 cm³/mol. The van der Waals surface area contributed by atoms with E-state index in [4.69, 9.17) is 18.9 Å². The Balaban J connectivity index is 2.14. The van der Waals surface area contributed by atoms with Gasteiger partial charge in [-0.25, -0.2) is 0 Å². The molecule has 0 saturated carbocycles. The monoisotopic (exact) mass is 386 g/mol. The Bertz CT molecular complexity index is 937. The number of hydrogen-bond acceptors (Lipinski definition) is 5. The van der Waals surface area contributed by atoms with Gasteiger partial charge in [-0.1, -0.05) is 6.07 Å². The van der Waals surface area contributed by atoms with Gasteiger partial charge in [-0.05, 0) is 23.3 Å². The predicted octanol–water partition coefficient (Wildman–Crippen LogP) is 2.94. The van der Waals surface area contributed by atoms with Gasteiger partial charge in [0, 0.05) is 23.1 Å². The van der Waals surface area contributed by atoms with Crippen LogP contribution in [-0.4, -0.2) is 58.4 Å². The highest BCUT2D eigenvalue weighted by Crippen LogP contribution is 2.57. The van der Waals surface area contributed by atoms with Crippen LogP contribution in [-0.2, 0) is 12.8 Å². The van der Waals surface area contributed by atoms with Crippen LogP contribution in [0.4, 0.5) is 0 Å². The van der Waals surface area contributed by atoms with Gasteiger partial charge >= 0.3 is 0 Å². The average molecular weight is 386 g/mol. The van der Waals surface area contributed by atoms with Gasteiger partial charge in [-0.2, -0.15) is 0 Å². The molecule has 2 aromatic carbocycles. The Morgan fingerprint density at radius 1 is 0.821 bits per heavy atom. The number of aliphatic hydroxyl groups excluding tert-OH is 1. The topological polar surface area (TPSA) is 57.2 Å². The van der Waals surface area contributed by atoms with Crippen molar-refractivity contribution in [3.8, 4) is 34.1 Å². The number of methoxy groups -OCH3 is 4. The van der Waals surface area contributed by atoms with Gasteiger partial charge in [0.2, 0.25) is 0 Å². The second-order valence-corrected chi connectivity index (χ2v) is 7.93. The lowest BCUT2D eigenvalue weighted by Crippen LogP contribution is -2.56. The first-order valence-corrected chi connectivity index (χ1v) is 9.42. The number of rotatable bonds is 4. The highest BCUT2D eigenvalue weighted by molar-refractivity contribution is 5.88. The van der Waals surface area contributed by atoms with Crippen molar-refractivity contribution >= 4 is 0 Å². The fourth-order valence-electron chi connectivity index (χ4n) is 4.79. The molecule has 1 aliphatic heterocycles. The number of fused-ring (bicyclic) bond motifs is 2. The van der Waals surface area contributed by atoms with Crippen LogP contribution in [0.15, 0.2) is 18.2 Å². The van der Waals surface area contributed by atoms with E-state index in [-0.39, 0.29) is 6.04 Å². The third-order valence-electron chi connectivity index (χ3n) is 6.40. The van der Waals surface area contributed by atoms with Crippen molar-refractivity contribution in [1.82, 2.24) is 0 Å². The third kappa shape index (κ3) is 2.41. The van der Waals surface area contributed by atoms with Gasteiger partial charge in [-0.15, -0.1) is 0 Å². The molecular formula is C22H28NO5+. The number of benzene rings is 2. The number of quaternary nitrogens is 1. The van der Waals surface area contributed by atoms with E-state index in [1.165, 1.54) is 5.56 Å². The first-order valence-electron chi connectivity index (χ1n) is 9.42. The Hall–Kier alpha value is -2.44. The summed E-state index contributed by atoms with van der Waals surface area (Å²) < 4.78 is 23.3. The highest BCUT2D eigenvalue weighted by atomic mass is 16.5. The Kier molecular flexibility index (Phi) is 4.43. The van der Waals surface area contributed by atoms with Crippen LogP contribution < -0.4 is 18.9 Å². The van der Waals surface area contributed by atoms with E-state index in [1.54, 1.807) is 28.4 Å². The van der Waals surface area contributed by atoms with Crippen molar-refractivity contribution in [2.24, 2.45) is 0 Å². The first-order chi connectivity index (χ1) is 13.4. The minimum Gasteiger partial charge on any atom is -0.493 e. The van der Waals surface area contributed by atoms with Crippen LogP contribution in [0.25, 0.3) is 11.1 Å². The molecule has 1 heterocycles. The molecule has 150 valence electrons. The summed E-state index contributed by atoms with van der Waals surface area (Å²) in [6, 6.07) is 6.14. The normalized spacial score (nSPS) is 21.4. The zero-order chi connectivity index (χ0) is 20.2. The Morgan fingerprint density at radius 3 is 2.07 bits per heavy atom. The molecule has 0 fully saturated rings. The van der Waals surface area contributed by atoms with Crippen molar-refractivity contribution in [3.05, 3.63) is 34.9 Å². The van der Waals surface area contributed by atoms with Crippen molar-refractivity contribution in [2.45, 2.75) is 25.1 Å².